The number of aromatic amines is 2. The maximum atomic E-state index is 6.31. The van der Waals surface area contributed by atoms with Crippen LogP contribution in [0.1, 0.15) is 43.4 Å². The van der Waals surface area contributed by atoms with Crippen molar-refractivity contribution in [2.24, 2.45) is 0 Å². The van der Waals surface area contributed by atoms with Crippen LogP contribution in [-0.2, 0) is 6.61 Å². The summed E-state index contributed by atoms with van der Waals surface area (Å²) in [6.07, 6.45) is 4.89. The predicted octanol–water partition coefficient (Wildman–Crippen LogP) is 7.00. The molecule has 2 N–H and O–H groups in total. The molecule has 0 aliphatic carbocycles. The molecule has 1 unspecified atom stereocenters. The highest BCUT2D eigenvalue weighted by atomic mass is 16.5. The van der Waals surface area contributed by atoms with Crippen molar-refractivity contribution >= 4 is 10.8 Å². The molecule has 3 aromatic carbocycles. The van der Waals surface area contributed by atoms with Gasteiger partial charge in [-0.15, -0.1) is 0 Å². The van der Waals surface area contributed by atoms with Crippen LogP contribution < -0.4 is 4.74 Å². The lowest BCUT2D eigenvalue weighted by molar-refractivity contribution is 0.306. The zero-order chi connectivity index (χ0) is 22.5. The summed E-state index contributed by atoms with van der Waals surface area (Å²) >= 11 is 0. The molecule has 0 saturated heterocycles. The Kier molecular flexibility index (Phi) is 4.57. The van der Waals surface area contributed by atoms with Gasteiger partial charge in [-0.25, -0.2) is 9.97 Å². The largest absolute Gasteiger partial charge is 0.488 e. The maximum Gasteiger partial charge on any atom is 0.135 e. The van der Waals surface area contributed by atoms with E-state index in [2.05, 4.69) is 82.3 Å². The molecule has 6 rings (SSSR count). The molecular weight excluding hydrogens is 408 g/mol. The number of hydrogen-bond acceptors (Lipinski definition) is 3. The first-order valence-corrected chi connectivity index (χ1v) is 11.5. The quantitative estimate of drug-likeness (QED) is 0.320. The van der Waals surface area contributed by atoms with E-state index in [1.54, 1.807) is 0 Å². The molecule has 0 saturated carbocycles. The standard InChI is InChI=1S/C28H26N4O/c1-4-16(2)28-30-14-26(32-28)19-7-9-23-18(11-19)5-10-24-22-8-6-20(25-13-29-17(3)31-25)12-21(22)15-33-27(23)24/h5-14,16H,4,15H2,1-3H3,(H,29,31)(H,30,32). The predicted molar refractivity (Wildman–Crippen MR) is 132 cm³/mol. The second-order valence-electron chi connectivity index (χ2n) is 8.91. The van der Waals surface area contributed by atoms with Gasteiger partial charge in [-0.2, -0.15) is 0 Å². The van der Waals surface area contributed by atoms with Crippen molar-refractivity contribution in [3.63, 3.8) is 0 Å². The van der Waals surface area contributed by atoms with Crippen molar-refractivity contribution < 1.29 is 4.74 Å². The summed E-state index contributed by atoms with van der Waals surface area (Å²) in [6, 6.07) is 17.5. The van der Waals surface area contributed by atoms with Crippen molar-refractivity contribution in [2.75, 3.05) is 0 Å². The minimum absolute atomic E-state index is 0.428. The summed E-state index contributed by atoms with van der Waals surface area (Å²) in [6.45, 7) is 6.91. The lowest BCUT2D eigenvalue weighted by atomic mass is 9.92. The van der Waals surface area contributed by atoms with Gasteiger partial charge in [0, 0.05) is 22.4 Å². The Morgan fingerprint density at radius 3 is 2.48 bits per heavy atom. The highest BCUT2D eigenvalue weighted by Gasteiger charge is 2.21. The third-order valence-corrected chi connectivity index (χ3v) is 6.74. The van der Waals surface area contributed by atoms with Crippen LogP contribution >= 0.6 is 0 Å². The number of fused-ring (bicyclic) bond motifs is 5. The number of imidazole rings is 2. The molecule has 0 spiro atoms. The van der Waals surface area contributed by atoms with Gasteiger partial charge >= 0.3 is 0 Å². The second-order valence-corrected chi connectivity index (χ2v) is 8.91. The highest BCUT2D eigenvalue weighted by Crippen LogP contribution is 2.43. The zero-order valence-electron chi connectivity index (χ0n) is 19.1. The molecule has 5 nitrogen and oxygen atoms in total. The van der Waals surface area contributed by atoms with Gasteiger partial charge in [-0.1, -0.05) is 44.2 Å². The van der Waals surface area contributed by atoms with E-state index >= 15 is 0 Å². The zero-order valence-corrected chi connectivity index (χ0v) is 19.1. The molecule has 3 heterocycles. The summed E-state index contributed by atoms with van der Waals surface area (Å²) < 4.78 is 6.31. The fourth-order valence-corrected chi connectivity index (χ4v) is 4.62. The summed E-state index contributed by atoms with van der Waals surface area (Å²) in [4.78, 5) is 15.7. The number of aryl methyl sites for hydroxylation is 1. The Morgan fingerprint density at radius 1 is 0.909 bits per heavy atom. The number of H-pyrrole nitrogens is 2. The monoisotopic (exact) mass is 434 g/mol. The minimum atomic E-state index is 0.428. The number of hydrogen-bond donors (Lipinski definition) is 2. The van der Waals surface area contributed by atoms with Gasteiger partial charge in [0.2, 0.25) is 0 Å². The molecule has 1 aliphatic rings. The number of nitrogens with zero attached hydrogens (tertiary/aromatic N) is 2. The van der Waals surface area contributed by atoms with Crippen molar-refractivity contribution in [3.05, 3.63) is 78.1 Å². The lowest BCUT2D eigenvalue weighted by Crippen LogP contribution is -2.06. The van der Waals surface area contributed by atoms with Crippen LogP contribution in [0.15, 0.2) is 60.9 Å². The minimum Gasteiger partial charge on any atom is -0.488 e. The van der Waals surface area contributed by atoms with E-state index in [4.69, 9.17) is 4.74 Å². The molecule has 0 radical (unpaired) electrons. The van der Waals surface area contributed by atoms with Gasteiger partial charge in [-0.3, -0.25) is 0 Å². The number of rotatable bonds is 4. The van der Waals surface area contributed by atoms with Gasteiger partial charge in [0.05, 0.1) is 23.8 Å². The molecule has 0 fully saturated rings. The SMILES string of the molecule is CCC(C)c1ncc(-c2ccc3c4c(ccc3c2)-c2ccc(-c3cnc(C)[nH]3)cc2CO4)[nH]1. The van der Waals surface area contributed by atoms with Gasteiger partial charge in [0.15, 0.2) is 0 Å². The van der Waals surface area contributed by atoms with E-state index in [0.717, 1.165) is 57.3 Å². The average molecular weight is 435 g/mol. The Labute approximate surface area is 192 Å². The summed E-state index contributed by atoms with van der Waals surface area (Å²) in [5, 5.41) is 2.30. The topological polar surface area (TPSA) is 66.6 Å². The fourth-order valence-electron chi connectivity index (χ4n) is 4.62. The molecule has 5 heteroatoms. The third kappa shape index (κ3) is 3.32. The van der Waals surface area contributed by atoms with Crippen molar-refractivity contribution in [1.82, 2.24) is 19.9 Å². The maximum absolute atomic E-state index is 6.31. The molecule has 33 heavy (non-hydrogen) atoms. The van der Waals surface area contributed by atoms with E-state index < -0.39 is 0 Å². The van der Waals surface area contributed by atoms with Crippen LogP contribution in [0.5, 0.6) is 5.75 Å². The van der Waals surface area contributed by atoms with Crippen molar-refractivity contribution in [1.29, 1.82) is 0 Å². The fraction of sp³-hybridized carbons (Fsp3) is 0.214. The molecule has 1 atom stereocenters. The van der Waals surface area contributed by atoms with E-state index in [-0.39, 0.29) is 0 Å². The number of benzene rings is 3. The Balaban J connectivity index is 1.38. The average Bonchev–Trinajstić information content (AvgIpc) is 3.52. The van der Waals surface area contributed by atoms with Crippen LogP contribution in [0.2, 0.25) is 0 Å². The van der Waals surface area contributed by atoms with Gasteiger partial charge in [0.25, 0.3) is 0 Å². The highest BCUT2D eigenvalue weighted by molar-refractivity contribution is 5.98. The molecular formula is C28H26N4O. The lowest BCUT2D eigenvalue weighted by Gasteiger charge is -2.23. The Bertz CT molecular complexity index is 1490. The van der Waals surface area contributed by atoms with Crippen molar-refractivity contribution in [2.45, 2.75) is 39.7 Å². The molecule has 2 aromatic heterocycles. The third-order valence-electron chi connectivity index (χ3n) is 6.74. The smallest absolute Gasteiger partial charge is 0.135 e. The van der Waals surface area contributed by atoms with E-state index in [0.29, 0.717) is 12.5 Å². The van der Waals surface area contributed by atoms with Crippen LogP contribution in [0, 0.1) is 6.92 Å². The molecule has 164 valence electrons. The van der Waals surface area contributed by atoms with Crippen LogP contribution in [0.4, 0.5) is 0 Å². The summed E-state index contributed by atoms with van der Waals surface area (Å²) in [7, 11) is 0. The number of nitrogens with one attached hydrogen (secondary N) is 2. The first kappa shape index (κ1) is 19.8. The Hall–Kier alpha value is -3.86. The van der Waals surface area contributed by atoms with Crippen LogP contribution in [-0.4, -0.2) is 19.9 Å². The molecule has 5 aromatic rings. The summed E-state index contributed by atoms with van der Waals surface area (Å²) in [5.41, 5.74) is 7.92. The van der Waals surface area contributed by atoms with Crippen molar-refractivity contribution in [3.8, 4) is 39.4 Å². The first-order chi connectivity index (χ1) is 16.1. The van der Waals surface area contributed by atoms with Gasteiger partial charge < -0.3 is 14.7 Å². The Morgan fingerprint density at radius 2 is 1.67 bits per heavy atom. The number of aromatic nitrogens is 4. The van der Waals surface area contributed by atoms with Gasteiger partial charge in [0.1, 0.15) is 24.0 Å². The van der Waals surface area contributed by atoms with Crippen LogP contribution in [0.3, 0.4) is 0 Å². The number of ether oxygens (including phenoxy) is 1. The summed E-state index contributed by atoms with van der Waals surface area (Å²) in [5.74, 6) is 3.35. The van der Waals surface area contributed by atoms with E-state index in [1.807, 2.05) is 19.3 Å². The normalized spacial score (nSPS) is 13.4. The molecule has 1 aliphatic heterocycles. The first-order valence-electron chi connectivity index (χ1n) is 11.5. The van der Waals surface area contributed by atoms with Gasteiger partial charge in [-0.05, 0) is 53.6 Å². The molecule has 0 amide bonds. The molecule has 0 bridgehead atoms. The van der Waals surface area contributed by atoms with E-state index in [9.17, 15) is 0 Å². The second kappa shape index (κ2) is 7.62. The van der Waals surface area contributed by atoms with Crippen LogP contribution in [0.25, 0.3) is 44.4 Å². The van der Waals surface area contributed by atoms with E-state index in [1.165, 1.54) is 16.5 Å².